The van der Waals surface area contributed by atoms with Crippen LogP contribution in [0.2, 0.25) is 0 Å². The highest BCUT2D eigenvalue weighted by Crippen LogP contribution is 2.40. The molecule has 1 aliphatic rings. The van der Waals surface area contributed by atoms with Crippen LogP contribution in [-0.2, 0) is 18.8 Å². The van der Waals surface area contributed by atoms with Crippen LogP contribution >= 0.6 is 0 Å². The molecule has 0 amide bonds. The zero-order valence-corrected chi connectivity index (χ0v) is 13.1. The second kappa shape index (κ2) is 5.29. The molecule has 0 spiro atoms. The first-order valence-electron chi connectivity index (χ1n) is 6.71. The Kier molecular flexibility index (Phi) is 4.53. The third-order valence-electron chi connectivity index (χ3n) is 4.12. The highest BCUT2D eigenvalue weighted by Gasteiger charge is 2.52. The molecule has 1 atom stereocenters. The number of ether oxygens (including phenoxy) is 1. The van der Waals surface area contributed by atoms with Crippen molar-refractivity contribution in [3.8, 4) is 0 Å². The molecular formula is C14H25BO4. The number of rotatable bonds is 4. The van der Waals surface area contributed by atoms with E-state index in [-0.39, 0.29) is 17.2 Å². The maximum absolute atomic E-state index is 11.6. The van der Waals surface area contributed by atoms with Crippen molar-refractivity contribution >= 4 is 13.1 Å². The highest BCUT2D eigenvalue weighted by molar-refractivity contribution is 6.51. The lowest BCUT2D eigenvalue weighted by Crippen LogP contribution is -2.44. The summed E-state index contributed by atoms with van der Waals surface area (Å²) in [5, 5.41) is 0. The van der Waals surface area contributed by atoms with Gasteiger partial charge >= 0.3 is 13.1 Å². The Morgan fingerprint density at radius 2 is 1.89 bits per heavy atom. The van der Waals surface area contributed by atoms with Gasteiger partial charge < -0.3 is 14.0 Å². The van der Waals surface area contributed by atoms with E-state index in [0.717, 1.165) is 6.42 Å². The monoisotopic (exact) mass is 268 g/mol. The highest BCUT2D eigenvalue weighted by atomic mass is 16.7. The van der Waals surface area contributed by atoms with Crippen molar-refractivity contribution in [1.29, 1.82) is 0 Å². The van der Waals surface area contributed by atoms with Gasteiger partial charge in [-0.25, -0.2) is 0 Å². The molecule has 1 aliphatic heterocycles. The fraction of sp³-hybridized carbons (Fsp3) is 0.786. The van der Waals surface area contributed by atoms with Gasteiger partial charge in [0.1, 0.15) is 0 Å². The molecule has 0 bridgehead atoms. The van der Waals surface area contributed by atoms with Crippen LogP contribution in [0.4, 0.5) is 0 Å². The molecule has 1 heterocycles. The largest absolute Gasteiger partial charge is 0.486 e. The summed E-state index contributed by atoms with van der Waals surface area (Å²) >= 11 is 0. The molecule has 4 nitrogen and oxygen atoms in total. The van der Waals surface area contributed by atoms with Gasteiger partial charge in [-0.05, 0) is 41.0 Å². The number of hydrogen-bond acceptors (Lipinski definition) is 4. The molecule has 0 N–H and O–H groups in total. The van der Waals surface area contributed by atoms with E-state index in [1.54, 1.807) is 25.9 Å². The molecule has 1 rings (SSSR count). The summed E-state index contributed by atoms with van der Waals surface area (Å²) in [5.74, 6) is 1.51. The molecule has 0 saturated carbocycles. The fourth-order valence-electron chi connectivity index (χ4n) is 2.08. The smallest absolute Gasteiger partial charge is 0.468 e. The van der Waals surface area contributed by atoms with Gasteiger partial charge in [-0.1, -0.05) is 19.0 Å². The number of carbonyl (C=O) groups excluding carboxylic acids is 1. The third-order valence-corrected chi connectivity index (χ3v) is 4.12. The van der Waals surface area contributed by atoms with Gasteiger partial charge in [-0.3, -0.25) is 4.79 Å². The number of esters is 1. The lowest BCUT2D eigenvalue weighted by molar-refractivity contribution is -0.148. The molecule has 0 aromatic carbocycles. The van der Waals surface area contributed by atoms with Crippen molar-refractivity contribution in [2.24, 2.45) is 5.41 Å². The Hall–Kier alpha value is -0.805. The summed E-state index contributed by atoms with van der Waals surface area (Å²) < 4.78 is 16.6. The van der Waals surface area contributed by atoms with Crippen molar-refractivity contribution in [2.45, 2.75) is 59.2 Å². The molecule has 0 radical (unpaired) electrons. The first kappa shape index (κ1) is 16.2. The van der Waals surface area contributed by atoms with Crippen LogP contribution in [0.1, 0.15) is 48.0 Å². The van der Waals surface area contributed by atoms with Crippen molar-refractivity contribution in [3.05, 3.63) is 12.1 Å². The normalized spacial score (nSPS) is 27.0. The van der Waals surface area contributed by atoms with E-state index in [4.69, 9.17) is 14.0 Å². The van der Waals surface area contributed by atoms with Crippen LogP contribution in [0.25, 0.3) is 0 Å². The van der Waals surface area contributed by atoms with E-state index in [9.17, 15) is 4.79 Å². The third kappa shape index (κ3) is 3.21. The summed E-state index contributed by atoms with van der Waals surface area (Å²) in [5.41, 5.74) is -1.36. The van der Waals surface area contributed by atoms with Crippen LogP contribution in [0.3, 0.4) is 0 Å². The van der Waals surface area contributed by atoms with Crippen molar-refractivity contribution < 1.29 is 18.8 Å². The predicted molar refractivity (Wildman–Crippen MR) is 75.6 cm³/mol. The molecule has 1 fully saturated rings. The van der Waals surface area contributed by atoms with Crippen LogP contribution in [0, 0.1) is 5.41 Å². The standard InChI is InChI=1S/C14H25BO4/c1-8-14(6)13(4,5)18-15(19-14)10-9-12(2,3)11(16)17-7/h9-10H,8H2,1-7H3/b10-9+. The minimum Gasteiger partial charge on any atom is -0.468 e. The first-order chi connectivity index (χ1) is 8.58. The molecule has 0 aliphatic carbocycles. The molecule has 19 heavy (non-hydrogen) atoms. The van der Waals surface area contributed by atoms with Crippen molar-refractivity contribution in [3.63, 3.8) is 0 Å². The van der Waals surface area contributed by atoms with E-state index >= 15 is 0 Å². The Labute approximate surface area is 116 Å². The average molecular weight is 268 g/mol. The van der Waals surface area contributed by atoms with E-state index in [1.807, 2.05) is 20.8 Å². The SMILES string of the molecule is CCC1(C)OB(/C=C/C(C)(C)C(=O)OC)OC1(C)C. The number of hydrogen-bond donors (Lipinski definition) is 0. The van der Waals surface area contributed by atoms with Gasteiger partial charge in [-0.2, -0.15) is 0 Å². The Morgan fingerprint density at radius 1 is 1.32 bits per heavy atom. The summed E-state index contributed by atoms with van der Waals surface area (Å²) in [6.07, 6.45) is 2.64. The van der Waals surface area contributed by atoms with E-state index in [2.05, 4.69) is 6.92 Å². The van der Waals surface area contributed by atoms with Gasteiger partial charge in [-0.15, -0.1) is 0 Å². The van der Waals surface area contributed by atoms with Crippen LogP contribution in [0.15, 0.2) is 12.1 Å². The van der Waals surface area contributed by atoms with Gasteiger partial charge in [0, 0.05) is 0 Å². The zero-order valence-electron chi connectivity index (χ0n) is 13.1. The van der Waals surface area contributed by atoms with Gasteiger partial charge in [0.05, 0.1) is 23.7 Å². The van der Waals surface area contributed by atoms with Gasteiger partial charge in [0.2, 0.25) is 0 Å². The Bertz CT molecular complexity index is 376. The second-order valence-electron chi connectivity index (χ2n) is 6.27. The summed E-state index contributed by atoms with van der Waals surface area (Å²) in [4.78, 5) is 11.6. The maximum atomic E-state index is 11.6. The summed E-state index contributed by atoms with van der Waals surface area (Å²) in [7, 11) is 0.960. The van der Waals surface area contributed by atoms with Crippen molar-refractivity contribution in [1.82, 2.24) is 0 Å². The lowest BCUT2D eigenvalue weighted by Gasteiger charge is -2.35. The molecular weight excluding hydrogens is 243 g/mol. The molecule has 1 saturated heterocycles. The van der Waals surface area contributed by atoms with Crippen molar-refractivity contribution in [2.75, 3.05) is 7.11 Å². The van der Waals surface area contributed by atoms with Gasteiger partial charge in [0.15, 0.2) is 0 Å². The molecule has 108 valence electrons. The summed E-state index contributed by atoms with van der Waals surface area (Å²) in [6, 6.07) is 0. The van der Waals surface area contributed by atoms with Gasteiger partial charge in [0.25, 0.3) is 0 Å². The van der Waals surface area contributed by atoms with Crippen LogP contribution < -0.4 is 0 Å². The maximum Gasteiger partial charge on any atom is 0.486 e. The average Bonchev–Trinajstić information content (AvgIpc) is 2.57. The molecule has 5 heteroatoms. The Balaban J connectivity index is 2.79. The molecule has 0 aromatic heterocycles. The van der Waals surface area contributed by atoms with Crippen LogP contribution in [0.5, 0.6) is 0 Å². The summed E-state index contributed by atoms with van der Waals surface area (Å²) in [6.45, 7) is 11.8. The Morgan fingerprint density at radius 3 is 2.32 bits per heavy atom. The zero-order chi connectivity index (χ0) is 14.9. The quantitative estimate of drug-likeness (QED) is 0.581. The lowest BCUT2D eigenvalue weighted by atomic mass is 9.83. The number of carbonyl (C=O) groups is 1. The van der Waals surface area contributed by atoms with E-state index in [1.165, 1.54) is 7.11 Å². The topological polar surface area (TPSA) is 44.8 Å². The van der Waals surface area contributed by atoms with E-state index < -0.39 is 12.5 Å². The predicted octanol–water partition coefficient (Wildman–Crippen LogP) is 2.76. The molecule has 1 unspecified atom stereocenters. The van der Waals surface area contributed by atoms with Crippen LogP contribution in [-0.4, -0.2) is 31.4 Å². The molecule has 0 aromatic rings. The number of methoxy groups -OCH3 is 1. The first-order valence-corrected chi connectivity index (χ1v) is 6.71. The second-order valence-corrected chi connectivity index (χ2v) is 6.27. The minimum absolute atomic E-state index is 0.278. The van der Waals surface area contributed by atoms with E-state index in [0.29, 0.717) is 0 Å². The minimum atomic E-state index is -0.684. The fourth-order valence-corrected chi connectivity index (χ4v) is 2.08.